The second-order valence-electron chi connectivity index (χ2n) is 3.26. The van der Waals surface area contributed by atoms with Crippen molar-refractivity contribution in [1.82, 2.24) is 9.78 Å². The van der Waals surface area contributed by atoms with Gasteiger partial charge in [0.1, 0.15) is 0 Å². The summed E-state index contributed by atoms with van der Waals surface area (Å²) in [5, 5.41) is 4.41. The summed E-state index contributed by atoms with van der Waals surface area (Å²) >= 11 is 0. The van der Waals surface area contributed by atoms with Gasteiger partial charge in [-0.25, -0.2) is 0 Å². The Kier molecular flexibility index (Phi) is 2.90. The lowest BCUT2D eigenvalue weighted by molar-refractivity contribution is 0.521. The number of hydrogen-bond acceptors (Lipinski definition) is 1. The van der Waals surface area contributed by atoms with Crippen molar-refractivity contribution in [2.45, 2.75) is 40.2 Å². The van der Waals surface area contributed by atoms with Gasteiger partial charge in [-0.2, -0.15) is 5.10 Å². The Bertz CT molecular complexity index is 250. The first-order chi connectivity index (χ1) is 5.65. The SMILES string of the molecule is CC[CH]C(C)n1nc(C)cc1C. The molecular weight excluding hydrogens is 148 g/mol. The molecule has 0 fully saturated rings. The highest BCUT2D eigenvalue weighted by atomic mass is 15.3. The summed E-state index contributed by atoms with van der Waals surface area (Å²) in [6.07, 6.45) is 3.36. The quantitative estimate of drug-likeness (QED) is 0.673. The van der Waals surface area contributed by atoms with E-state index in [1.165, 1.54) is 5.69 Å². The number of rotatable bonds is 3. The maximum atomic E-state index is 4.41. The smallest absolute Gasteiger partial charge is 0.0596 e. The van der Waals surface area contributed by atoms with E-state index in [1.54, 1.807) is 0 Å². The largest absolute Gasteiger partial charge is 0.267 e. The van der Waals surface area contributed by atoms with Crippen molar-refractivity contribution in [2.75, 3.05) is 0 Å². The van der Waals surface area contributed by atoms with Gasteiger partial charge in [0.25, 0.3) is 0 Å². The van der Waals surface area contributed by atoms with E-state index in [-0.39, 0.29) is 0 Å². The van der Waals surface area contributed by atoms with Crippen LogP contribution in [0.3, 0.4) is 0 Å². The summed E-state index contributed by atoms with van der Waals surface area (Å²) < 4.78 is 2.07. The van der Waals surface area contributed by atoms with Crippen molar-refractivity contribution in [3.05, 3.63) is 23.9 Å². The Balaban J connectivity index is 2.79. The van der Waals surface area contributed by atoms with Gasteiger partial charge in [0.05, 0.1) is 11.7 Å². The Hall–Kier alpha value is -0.790. The van der Waals surface area contributed by atoms with Crippen LogP contribution in [0.15, 0.2) is 6.07 Å². The molecule has 1 radical (unpaired) electrons. The number of aryl methyl sites for hydroxylation is 2. The van der Waals surface area contributed by atoms with Gasteiger partial charge in [0.15, 0.2) is 0 Å². The highest BCUT2D eigenvalue weighted by molar-refractivity contribution is 5.08. The molecule has 12 heavy (non-hydrogen) atoms. The van der Waals surface area contributed by atoms with Crippen molar-refractivity contribution in [2.24, 2.45) is 0 Å². The normalized spacial score (nSPS) is 13.3. The molecule has 0 spiro atoms. The van der Waals surface area contributed by atoms with Crippen molar-refractivity contribution >= 4 is 0 Å². The topological polar surface area (TPSA) is 17.8 Å². The van der Waals surface area contributed by atoms with Gasteiger partial charge in [0, 0.05) is 5.69 Å². The van der Waals surface area contributed by atoms with Gasteiger partial charge in [-0.05, 0) is 33.3 Å². The van der Waals surface area contributed by atoms with E-state index in [1.807, 2.05) is 6.92 Å². The zero-order chi connectivity index (χ0) is 9.14. The zero-order valence-corrected chi connectivity index (χ0v) is 8.33. The Morgan fingerprint density at radius 1 is 1.58 bits per heavy atom. The molecule has 1 atom stereocenters. The fraction of sp³-hybridized carbons (Fsp3) is 0.600. The molecule has 1 unspecified atom stereocenters. The van der Waals surface area contributed by atoms with Crippen molar-refractivity contribution < 1.29 is 0 Å². The van der Waals surface area contributed by atoms with Crippen LogP contribution in [0, 0.1) is 20.3 Å². The summed E-state index contributed by atoms with van der Waals surface area (Å²) in [7, 11) is 0. The van der Waals surface area contributed by atoms with Crippen LogP contribution in [0.5, 0.6) is 0 Å². The van der Waals surface area contributed by atoms with E-state index in [0.29, 0.717) is 6.04 Å². The fourth-order valence-corrected chi connectivity index (χ4v) is 1.50. The van der Waals surface area contributed by atoms with Crippen LogP contribution in [0.2, 0.25) is 0 Å². The molecule has 0 N–H and O–H groups in total. The summed E-state index contributed by atoms with van der Waals surface area (Å²) in [6.45, 7) is 8.45. The minimum Gasteiger partial charge on any atom is -0.267 e. The predicted octanol–water partition coefficient (Wildman–Crippen LogP) is 2.68. The van der Waals surface area contributed by atoms with Gasteiger partial charge in [0.2, 0.25) is 0 Å². The van der Waals surface area contributed by atoms with Crippen molar-refractivity contribution in [3.8, 4) is 0 Å². The molecule has 2 heteroatoms. The molecule has 2 nitrogen and oxygen atoms in total. The Labute approximate surface area is 74.6 Å². The van der Waals surface area contributed by atoms with Crippen LogP contribution in [0.25, 0.3) is 0 Å². The first kappa shape index (κ1) is 9.30. The van der Waals surface area contributed by atoms with Crippen LogP contribution >= 0.6 is 0 Å². The summed E-state index contributed by atoms with van der Waals surface area (Å²) in [6, 6.07) is 2.53. The van der Waals surface area contributed by atoms with E-state index >= 15 is 0 Å². The lowest BCUT2D eigenvalue weighted by atomic mass is 10.2. The Morgan fingerprint density at radius 3 is 2.67 bits per heavy atom. The molecule has 0 bridgehead atoms. The third-order valence-electron chi connectivity index (χ3n) is 2.01. The maximum absolute atomic E-state index is 4.41. The molecule has 1 rings (SSSR count). The van der Waals surface area contributed by atoms with Crippen LogP contribution in [-0.2, 0) is 0 Å². The van der Waals surface area contributed by atoms with E-state index in [2.05, 4.69) is 43.0 Å². The monoisotopic (exact) mass is 165 g/mol. The lowest BCUT2D eigenvalue weighted by Gasteiger charge is -2.12. The Morgan fingerprint density at radius 2 is 2.25 bits per heavy atom. The first-order valence-corrected chi connectivity index (χ1v) is 4.51. The molecule has 0 amide bonds. The molecule has 0 aromatic carbocycles. The van der Waals surface area contributed by atoms with E-state index < -0.39 is 0 Å². The number of aromatic nitrogens is 2. The van der Waals surface area contributed by atoms with E-state index in [0.717, 1.165) is 12.1 Å². The molecule has 1 heterocycles. The molecule has 0 saturated carbocycles. The van der Waals surface area contributed by atoms with E-state index in [4.69, 9.17) is 0 Å². The predicted molar refractivity (Wildman–Crippen MR) is 51.0 cm³/mol. The highest BCUT2D eigenvalue weighted by Gasteiger charge is 2.07. The van der Waals surface area contributed by atoms with Gasteiger partial charge < -0.3 is 0 Å². The van der Waals surface area contributed by atoms with Crippen molar-refractivity contribution in [1.29, 1.82) is 0 Å². The molecule has 1 aromatic heterocycles. The summed E-state index contributed by atoms with van der Waals surface area (Å²) in [5.41, 5.74) is 2.34. The van der Waals surface area contributed by atoms with Crippen LogP contribution < -0.4 is 0 Å². The fourth-order valence-electron chi connectivity index (χ4n) is 1.50. The van der Waals surface area contributed by atoms with Crippen LogP contribution in [0.4, 0.5) is 0 Å². The summed E-state index contributed by atoms with van der Waals surface area (Å²) in [5.74, 6) is 0. The van der Waals surface area contributed by atoms with Gasteiger partial charge in [-0.1, -0.05) is 13.3 Å². The van der Waals surface area contributed by atoms with E-state index in [9.17, 15) is 0 Å². The highest BCUT2D eigenvalue weighted by Crippen LogP contribution is 2.14. The number of hydrogen-bond donors (Lipinski definition) is 0. The number of nitrogens with zero attached hydrogens (tertiary/aromatic N) is 2. The van der Waals surface area contributed by atoms with Gasteiger partial charge in [-0.3, -0.25) is 4.68 Å². The molecule has 0 aliphatic rings. The second kappa shape index (κ2) is 3.74. The third kappa shape index (κ3) is 1.87. The average molecular weight is 165 g/mol. The zero-order valence-electron chi connectivity index (χ0n) is 8.33. The molecule has 67 valence electrons. The second-order valence-corrected chi connectivity index (χ2v) is 3.26. The minimum atomic E-state index is 0.420. The molecule has 0 saturated heterocycles. The first-order valence-electron chi connectivity index (χ1n) is 4.51. The standard InChI is InChI=1S/C10H17N2/c1-5-6-9(3)12-10(4)7-8(2)11-12/h6-7,9H,5H2,1-4H3. The van der Waals surface area contributed by atoms with Crippen LogP contribution in [-0.4, -0.2) is 9.78 Å². The summed E-state index contributed by atoms with van der Waals surface area (Å²) in [4.78, 5) is 0. The van der Waals surface area contributed by atoms with Gasteiger partial charge >= 0.3 is 0 Å². The van der Waals surface area contributed by atoms with Crippen molar-refractivity contribution in [3.63, 3.8) is 0 Å². The maximum Gasteiger partial charge on any atom is 0.0596 e. The lowest BCUT2D eigenvalue weighted by Crippen LogP contribution is -2.08. The molecule has 1 aromatic rings. The average Bonchev–Trinajstić information content (AvgIpc) is 2.30. The minimum absolute atomic E-state index is 0.420. The van der Waals surface area contributed by atoms with Crippen LogP contribution in [0.1, 0.15) is 37.7 Å². The third-order valence-corrected chi connectivity index (χ3v) is 2.01. The molecular formula is C10H17N2. The van der Waals surface area contributed by atoms with Gasteiger partial charge in [-0.15, -0.1) is 0 Å². The molecule has 0 aliphatic carbocycles. The molecule has 0 aliphatic heterocycles.